The number of hydrogen-bond acceptors (Lipinski definition) is 4. The summed E-state index contributed by atoms with van der Waals surface area (Å²) >= 11 is 3.37. The Morgan fingerprint density at radius 2 is 1.88 bits per heavy atom. The minimum Gasteiger partial charge on any atom is -0.349 e. The lowest BCUT2D eigenvalue weighted by molar-refractivity contribution is 0.0916. The quantitative estimate of drug-likeness (QED) is 0.749. The van der Waals surface area contributed by atoms with Gasteiger partial charge in [-0.3, -0.25) is 4.79 Å². The Hall–Kier alpha value is -0.960. The smallest absolute Gasteiger partial charge is 0.252 e. The molecule has 1 N–H and O–H groups in total. The van der Waals surface area contributed by atoms with E-state index in [0.29, 0.717) is 23.1 Å². The molecule has 1 saturated heterocycles. The summed E-state index contributed by atoms with van der Waals surface area (Å²) in [4.78, 5) is 15.0. The molecule has 0 radical (unpaired) electrons. The maximum absolute atomic E-state index is 12.7. The van der Waals surface area contributed by atoms with Crippen LogP contribution in [0.1, 0.15) is 37.0 Å². The lowest BCUT2D eigenvalue weighted by atomic mass is 10.0. The predicted molar refractivity (Wildman–Crippen MR) is 102 cm³/mol. The Labute approximate surface area is 158 Å². The van der Waals surface area contributed by atoms with E-state index in [0.717, 1.165) is 25.9 Å². The summed E-state index contributed by atoms with van der Waals surface area (Å²) in [5.41, 5.74) is 0.354. The Morgan fingerprint density at radius 3 is 2.44 bits per heavy atom. The number of carbonyl (C=O) groups is 1. The van der Waals surface area contributed by atoms with E-state index in [1.165, 1.54) is 16.4 Å². The molecule has 0 unspecified atom stereocenters. The van der Waals surface area contributed by atoms with Crippen LogP contribution in [-0.2, 0) is 10.0 Å². The van der Waals surface area contributed by atoms with Crippen molar-refractivity contribution in [2.45, 2.75) is 37.6 Å². The van der Waals surface area contributed by atoms with Crippen molar-refractivity contribution in [1.82, 2.24) is 14.5 Å². The fraction of sp³-hybridized carbons (Fsp3) is 0.588. The van der Waals surface area contributed by atoms with Crippen LogP contribution < -0.4 is 5.32 Å². The van der Waals surface area contributed by atoms with Crippen LogP contribution >= 0.6 is 15.9 Å². The Balaban J connectivity index is 2.22. The SMILES string of the molecule is CCN(CC)S(=O)(=O)c1ccc(Br)c(C(=O)NC2CCN(C)CC2)c1. The van der Waals surface area contributed by atoms with Gasteiger partial charge in [0.1, 0.15) is 0 Å². The van der Waals surface area contributed by atoms with Gasteiger partial charge in [-0.2, -0.15) is 4.31 Å². The van der Waals surface area contributed by atoms with Crippen LogP contribution in [0.4, 0.5) is 0 Å². The lowest BCUT2D eigenvalue weighted by Crippen LogP contribution is -2.43. The summed E-state index contributed by atoms with van der Waals surface area (Å²) in [7, 11) is -1.52. The molecule has 1 aliphatic heterocycles. The first-order valence-electron chi connectivity index (χ1n) is 8.58. The van der Waals surface area contributed by atoms with Gasteiger partial charge in [0.2, 0.25) is 10.0 Å². The van der Waals surface area contributed by atoms with E-state index in [2.05, 4.69) is 33.2 Å². The maximum atomic E-state index is 12.7. The van der Waals surface area contributed by atoms with Crippen molar-refractivity contribution in [2.24, 2.45) is 0 Å². The van der Waals surface area contributed by atoms with Gasteiger partial charge >= 0.3 is 0 Å². The molecule has 0 saturated carbocycles. The molecule has 25 heavy (non-hydrogen) atoms. The molecule has 8 heteroatoms. The second kappa shape index (κ2) is 8.62. The molecule has 1 amide bonds. The van der Waals surface area contributed by atoms with Crippen molar-refractivity contribution >= 4 is 31.9 Å². The highest BCUT2D eigenvalue weighted by Gasteiger charge is 2.25. The van der Waals surface area contributed by atoms with Crippen molar-refractivity contribution in [2.75, 3.05) is 33.2 Å². The highest BCUT2D eigenvalue weighted by molar-refractivity contribution is 9.10. The standard InChI is InChI=1S/C17H26BrN3O3S/c1-4-21(5-2)25(23,24)14-6-7-16(18)15(12-14)17(22)19-13-8-10-20(3)11-9-13/h6-7,12-13H,4-5,8-11H2,1-3H3,(H,19,22). The third-order valence-corrected chi connectivity index (χ3v) is 7.32. The van der Waals surface area contributed by atoms with Gasteiger partial charge in [-0.1, -0.05) is 13.8 Å². The zero-order valence-electron chi connectivity index (χ0n) is 15.0. The van der Waals surface area contributed by atoms with Crippen LogP contribution in [0, 0.1) is 0 Å². The van der Waals surface area contributed by atoms with E-state index in [9.17, 15) is 13.2 Å². The number of hydrogen-bond donors (Lipinski definition) is 1. The topological polar surface area (TPSA) is 69.7 Å². The number of nitrogens with zero attached hydrogens (tertiary/aromatic N) is 2. The molecule has 1 aromatic carbocycles. The fourth-order valence-corrected chi connectivity index (χ4v) is 4.88. The zero-order chi connectivity index (χ0) is 18.6. The first-order chi connectivity index (χ1) is 11.8. The summed E-state index contributed by atoms with van der Waals surface area (Å²) in [5, 5.41) is 3.03. The molecule has 1 heterocycles. The second-order valence-corrected chi connectivity index (χ2v) is 9.07. The summed E-state index contributed by atoms with van der Waals surface area (Å²) in [6, 6.07) is 4.74. The molecule has 140 valence electrons. The normalized spacial score (nSPS) is 17.0. The van der Waals surface area contributed by atoms with E-state index >= 15 is 0 Å². The van der Waals surface area contributed by atoms with Crippen LogP contribution in [0.3, 0.4) is 0 Å². The van der Waals surface area contributed by atoms with Crippen molar-refractivity contribution < 1.29 is 13.2 Å². The Bertz CT molecular complexity index is 712. The van der Waals surface area contributed by atoms with E-state index in [1.807, 2.05) is 0 Å². The van der Waals surface area contributed by atoms with Crippen LogP contribution in [0.15, 0.2) is 27.6 Å². The zero-order valence-corrected chi connectivity index (χ0v) is 17.4. The first-order valence-corrected chi connectivity index (χ1v) is 10.8. The molecule has 1 aliphatic rings. The number of rotatable bonds is 6. The first kappa shape index (κ1) is 20.4. The number of benzene rings is 1. The second-order valence-electron chi connectivity index (χ2n) is 6.28. The predicted octanol–water partition coefficient (Wildman–Crippen LogP) is 2.30. The number of sulfonamides is 1. The monoisotopic (exact) mass is 431 g/mol. The van der Waals surface area contributed by atoms with Gasteiger partial charge < -0.3 is 10.2 Å². The Morgan fingerprint density at radius 1 is 1.28 bits per heavy atom. The molecule has 0 bridgehead atoms. The largest absolute Gasteiger partial charge is 0.349 e. The lowest BCUT2D eigenvalue weighted by Gasteiger charge is -2.29. The van der Waals surface area contributed by atoms with Crippen molar-refractivity contribution in [1.29, 1.82) is 0 Å². The number of halogens is 1. The average molecular weight is 432 g/mol. The van der Waals surface area contributed by atoms with E-state index in [-0.39, 0.29) is 16.8 Å². The summed E-state index contributed by atoms with van der Waals surface area (Å²) in [6.45, 7) is 6.28. The van der Waals surface area contributed by atoms with Crippen molar-refractivity contribution in [3.63, 3.8) is 0 Å². The highest BCUT2D eigenvalue weighted by Crippen LogP contribution is 2.24. The van der Waals surface area contributed by atoms with Crippen LogP contribution in [0.5, 0.6) is 0 Å². The number of likely N-dealkylation sites (tertiary alicyclic amines) is 1. The molecule has 1 fully saturated rings. The van der Waals surface area contributed by atoms with Gasteiger partial charge in [-0.15, -0.1) is 0 Å². The molecular formula is C17H26BrN3O3S. The van der Waals surface area contributed by atoms with Crippen molar-refractivity contribution in [3.05, 3.63) is 28.2 Å². The van der Waals surface area contributed by atoms with E-state index < -0.39 is 10.0 Å². The maximum Gasteiger partial charge on any atom is 0.252 e. The van der Waals surface area contributed by atoms with Crippen LogP contribution in [-0.4, -0.2) is 62.8 Å². The molecule has 6 nitrogen and oxygen atoms in total. The number of amides is 1. The van der Waals surface area contributed by atoms with Gasteiger partial charge in [0.25, 0.3) is 5.91 Å². The van der Waals surface area contributed by atoms with E-state index in [4.69, 9.17) is 0 Å². The summed E-state index contributed by atoms with van der Waals surface area (Å²) in [6.07, 6.45) is 1.80. The van der Waals surface area contributed by atoms with Gasteiger partial charge in [0, 0.05) is 23.6 Å². The molecule has 0 spiro atoms. The van der Waals surface area contributed by atoms with Crippen molar-refractivity contribution in [3.8, 4) is 0 Å². The van der Waals surface area contributed by atoms with Crippen LogP contribution in [0.2, 0.25) is 0 Å². The molecule has 0 aliphatic carbocycles. The minimum absolute atomic E-state index is 0.124. The van der Waals surface area contributed by atoms with Gasteiger partial charge in [0.15, 0.2) is 0 Å². The third-order valence-electron chi connectivity index (χ3n) is 4.58. The molecule has 1 aromatic rings. The molecule has 0 atom stereocenters. The van der Waals surface area contributed by atoms with E-state index in [1.54, 1.807) is 19.9 Å². The van der Waals surface area contributed by atoms with Crippen LogP contribution in [0.25, 0.3) is 0 Å². The Kier molecular flexibility index (Phi) is 7.01. The average Bonchev–Trinajstić information content (AvgIpc) is 2.58. The summed E-state index contributed by atoms with van der Waals surface area (Å²) in [5.74, 6) is -0.238. The van der Waals surface area contributed by atoms with Gasteiger partial charge in [-0.25, -0.2) is 8.42 Å². The highest BCUT2D eigenvalue weighted by atomic mass is 79.9. The fourth-order valence-electron chi connectivity index (χ4n) is 2.97. The summed E-state index contributed by atoms with van der Waals surface area (Å²) < 4.78 is 27.3. The van der Waals surface area contributed by atoms with Gasteiger partial charge in [-0.05, 0) is 67.1 Å². The molecule has 2 rings (SSSR count). The third kappa shape index (κ3) is 4.81. The molecule has 0 aromatic heterocycles. The van der Waals surface area contributed by atoms with Gasteiger partial charge in [0.05, 0.1) is 10.5 Å². The number of carbonyl (C=O) groups excluding carboxylic acids is 1. The molecular weight excluding hydrogens is 406 g/mol. The minimum atomic E-state index is -3.59. The number of nitrogens with one attached hydrogen (secondary N) is 1. The number of piperidine rings is 1.